The van der Waals surface area contributed by atoms with Crippen molar-refractivity contribution in [1.82, 2.24) is 15.4 Å². The Labute approximate surface area is 164 Å². The van der Waals surface area contributed by atoms with Crippen LogP contribution in [0.4, 0.5) is 0 Å². The van der Waals surface area contributed by atoms with Gasteiger partial charge in [0.15, 0.2) is 5.96 Å². The first-order chi connectivity index (χ1) is 11.0. The number of allylic oxidation sites excluding steroid dienone is 1. The topological polar surface area (TPSA) is 53.7 Å². The molecule has 1 heterocycles. The molecule has 0 saturated heterocycles. The molecule has 1 atom stereocenters. The summed E-state index contributed by atoms with van der Waals surface area (Å²) in [5, 5.41) is 7.49. The van der Waals surface area contributed by atoms with Crippen molar-refractivity contribution in [3.8, 4) is 0 Å². The molecule has 6 heteroatoms. The second kappa shape index (κ2) is 12.3. The van der Waals surface area contributed by atoms with Crippen LogP contribution >= 0.6 is 24.0 Å². The molecule has 1 unspecified atom stereocenters. The summed E-state index contributed by atoms with van der Waals surface area (Å²) in [4.78, 5) is 6.57. The van der Waals surface area contributed by atoms with E-state index in [9.17, 15) is 0 Å². The zero-order chi connectivity index (χ0) is 17.2. The third-order valence-electron chi connectivity index (χ3n) is 4.12. The number of hydrogen-bond donors (Lipinski definition) is 1. The molecule has 1 aromatic heterocycles. The quantitative estimate of drug-likeness (QED) is 0.202. The summed E-state index contributed by atoms with van der Waals surface area (Å²) in [5.41, 5.74) is 2.17. The first-order valence-corrected chi connectivity index (χ1v) is 8.46. The van der Waals surface area contributed by atoms with Crippen molar-refractivity contribution in [2.24, 2.45) is 4.99 Å². The molecule has 0 fully saturated rings. The Kier molecular flexibility index (Phi) is 11.8. The fraction of sp³-hybridized carbons (Fsp3) is 0.667. The van der Waals surface area contributed by atoms with Crippen molar-refractivity contribution in [1.29, 1.82) is 0 Å². The third-order valence-corrected chi connectivity index (χ3v) is 4.12. The first-order valence-electron chi connectivity index (χ1n) is 8.46. The minimum atomic E-state index is 0. The lowest BCUT2D eigenvalue weighted by molar-refractivity contribution is 0.391. The number of aromatic nitrogens is 1. The Morgan fingerprint density at radius 1 is 1.38 bits per heavy atom. The molecule has 0 spiro atoms. The van der Waals surface area contributed by atoms with Gasteiger partial charge in [-0.2, -0.15) is 0 Å². The number of nitrogens with one attached hydrogen (secondary N) is 1. The van der Waals surface area contributed by atoms with E-state index < -0.39 is 0 Å². The van der Waals surface area contributed by atoms with Crippen LogP contribution in [0.25, 0.3) is 0 Å². The van der Waals surface area contributed by atoms with Gasteiger partial charge in [0, 0.05) is 38.7 Å². The third kappa shape index (κ3) is 7.23. The molecule has 0 aliphatic carbocycles. The van der Waals surface area contributed by atoms with Gasteiger partial charge < -0.3 is 14.7 Å². The second-order valence-corrected chi connectivity index (χ2v) is 6.13. The van der Waals surface area contributed by atoms with Crippen LogP contribution in [0.2, 0.25) is 0 Å². The molecule has 138 valence electrons. The fourth-order valence-corrected chi connectivity index (χ4v) is 2.85. The lowest BCUT2D eigenvalue weighted by atomic mass is 10.00. The maximum atomic E-state index is 5.26. The number of unbranched alkanes of at least 4 members (excludes halogenated alkanes) is 3. The van der Waals surface area contributed by atoms with Gasteiger partial charge in [0.2, 0.25) is 0 Å². The molecular weight excluding hydrogens is 415 g/mol. The van der Waals surface area contributed by atoms with Gasteiger partial charge in [-0.25, -0.2) is 0 Å². The van der Waals surface area contributed by atoms with Gasteiger partial charge in [-0.3, -0.25) is 4.99 Å². The average Bonchev–Trinajstić information content (AvgIpc) is 2.86. The normalized spacial score (nSPS) is 12.5. The minimum absolute atomic E-state index is 0. The predicted molar refractivity (Wildman–Crippen MR) is 112 cm³/mol. The van der Waals surface area contributed by atoms with Crippen molar-refractivity contribution in [2.75, 3.05) is 27.2 Å². The lowest BCUT2D eigenvalue weighted by Gasteiger charge is -2.23. The zero-order valence-electron chi connectivity index (χ0n) is 15.8. The summed E-state index contributed by atoms with van der Waals surface area (Å²) in [7, 11) is 3.92. The Morgan fingerprint density at radius 2 is 2.08 bits per heavy atom. The van der Waals surface area contributed by atoms with Crippen LogP contribution in [0.3, 0.4) is 0 Å². The van der Waals surface area contributed by atoms with Gasteiger partial charge in [-0.15, -0.1) is 30.6 Å². The van der Waals surface area contributed by atoms with Gasteiger partial charge in [0.1, 0.15) is 5.76 Å². The lowest BCUT2D eigenvalue weighted by Crippen LogP contribution is -2.40. The van der Waals surface area contributed by atoms with E-state index in [4.69, 9.17) is 4.52 Å². The maximum absolute atomic E-state index is 5.26. The number of guanidine groups is 1. The van der Waals surface area contributed by atoms with Crippen LogP contribution in [-0.4, -0.2) is 43.2 Å². The largest absolute Gasteiger partial charge is 0.361 e. The van der Waals surface area contributed by atoms with E-state index in [0.717, 1.165) is 36.9 Å². The molecular formula is C18H33IN4O. The molecule has 5 nitrogen and oxygen atoms in total. The van der Waals surface area contributed by atoms with Crippen LogP contribution in [-0.2, 0) is 0 Å². The van der Waals surface area contributed by atoms with Gasteiger partial charge in [0.25, 0.3) is 0 Å². The molecule has 0 aromatic carbocycles. The van der Waals surface area contributed by atoms with Gasteiger partial charge >= 0.3 is 0 Å². The highest BCUT2D eigenvalue weighted by molar-refractivity contribution is 14.0. The summed E-state index contributed by atoms with van der Waals surface area (Å²) < 4.78 is 5.26. The highest BCUT2D eigenvalue weighted by atomic mass is 127. The number of halogens is 1. The van der Waals surface area contributed by atoms with Gasteiger partial charge in [0.05, 0.1) is 5.69 Å². The first kappa shape index (κ1) is 22.9. The van der Waals surface area contributed by atoms with E-state index in [1.807, 2.05) is 27.0 Å². The summed E-state index contributed by atoms with van der Waals surface area (Å²) in [6, 6.07) is 0. The van der Waals surface area contributed by atoms with Crippen LogP contribution in [0.5, 0.6) is 0 Å². The van der Waals surface area contributed by atoms with E-state index in [2.05, 4.69) is 40.9 Å². The average molecular weight is 448 g/mol. The van der Waals surface area contributed by atoms with E-state index in [0.29, 0.717) is 5.92 Å². The van der Waals surface area contributed by atoms with Gasteiger partial charge in [-0.05, 0) is 33.1 Å². The van der Waals surface area contributed by atoms with Crippen molar-refractivity contribution in [2.45, 2.75) is 52.4 Å². The molecule has 0 amide bonds. The van der Waals surface area contributed by atoms with E-state index in [1.54, 1.807) is 0 Å². The number of hydrogen-bond acceptors (Lipinski definition) is 3. The molecule has 1 aromatic rings. The highest BCUT2D eigenvalue weighted by Gasteiger charge is 2.17. The van der Waals surface area contributed by atoms with Gasteiger partial charge in [-0.1, -0.05) is 24.6 Å². The van der Waals surface area contributed by atoms with Crippen molar-refractivity contribution in [3.05, 3.63) is 29.7 Å². The summed E-state index contributed by atoms with van der Waals surface area (Å²) in [5.74, 6) is 2.17. The second-order valence-electron chi connectivity index (χ2n) is 6.13. The Bertz CT molecular complexity index is 494. The molecule has 1 N–H and O–H groups in total. The molecule has 0 saturated carbocycles. The van der Waals surface area contributed by atoms with Crippen LogP contribution < -0.4 is 5.32 Å². The predicted octanol–water partition coefficient (Wildman–Crippen LogP) is 4.27. The zero-order valence-corrected chi connectivity index (χ0v) is 18.1. The standard InChI is InChI=1S/C18H32N4O.HI/c1-7-8-9-10-11-12-22(6)18(19-5)20-13-14(2)17-15(3)21-23-16(17)4;/h7,14H,1,8-13H2,2-6H3,(H,19,20);1H. The van der Waals surface area contributed by atoms with E-state index in [1.165, 1.54) is 24.8 Å². The van der Waals surface area contributed by atoms with Crippen LogP contribution in [0.1, 0.15) is 55.5 Å². The number of rotatable bonds is 9. The number of aryl methyl sites for hydroxylation is 2. The molecule has 24 heavy (non-hydrogen) atoms. The molecule has 0 radical (unpaired) electrons. The smallest absolute Gasteiger partial charge is 0.193 e. The SMILES string of the molecule is C=CCCCCCN(C)C(=NC)NCC(C)c1c(C)noc1C.I. The Hall–Kier alpha value is -1.05. The summed E-state index contributed by atoms with van der Waals surface area (Å²) >= 11 is 0. The van der Waals surface area contributed by atoms with Crippen molar-refractivity contribution >= 4 is 29.9 Å². The summed E-state index contributed by atoms with van der Waals surface area (Å²) in [6.45, 7) is 11.7. The Morgan fingerprint density at radius 3 is 2.62 bits per heavy atom. The fourth-order valence-electron chi connectivity index (χ4n) is 2.85. The van der Waals surface area contributed by atoms with Crippen molar-refractivity contribution in [3.63, 3.8) is 0 Å². The molecule has 0 bridgehead atoms. The van der Waals surface area contributed by atoms with Crippen molar-refractivity contribution < 1.29 is 4.52 Å². The highest BCUT2D eigenvalue weighted by Crippen LogP contribution is 2.22. The number of nitrogens with zero attached hydrogens (tertiary/aromatic N) is 3. The van der Waals surface area contributed by atoms with E-state index >= 15 is 0 Å². The maximum Gasteiger partial charge on any atom is 0.193 e. The van der Waals surface area contributed by atoms with Crippen LogP contribution in [0, 0.1) is 13.8 Å². The van der Waals surface area contributed by atoms with E-state index in [-0.39, 0.29) is 24.0 Å². The summed E-state index contributed by atoms with van der Waals surface area (Å²) in [6.07, 6.45) is 6.70. The van der Waals surface area contributed by atoms with Crippen LogP contribution in [0.15, 0.2) is 22.2 Å². The Balaban J connectivity index is 0.00000529. The monoisotopic (exact) mass is 448 g/mol. The molecule has 0 aliphatic heterocycles. The minimum Gasteiger partial charge on any atom is -0.361 e. The molecule has 0 aliphatic rings. The molecule has 1 rings (SSSR count). The number of aliphatic imine (C=N–C) groups is 1.